The highest BCUT2D eigenvalue weighted by atomic mass is 32.2. The topological polar surface area (TPSA) is 92.6 Å². The van der Waals surface area contributed by atoms with Gasteiger partial charge in [0.1, 0.15) is 0 Å². The SMILES string of the molecule is Cc1cc(C)nc(SCC(=O)N2CCOCC2CC(=O)O)n1. The molecule has 1 fully saturated rings. The zero-order valence-electron chi connectivity index (χ0n) is 12.6. The number of carboxylic acid groups (broad SMARTS) is 1. The number of carboxylic acids is 1. The quantitative estimate of drug-likeness (QED) is 0.635. The summed E-state index contributed by atoms with van der Waals surface area (Å²) in [5.41, 5.74) is 1.72. The summed E-state index contributed by atoms with van der Waals surface area (Å²) in [4.78, 5) is 33.4. The molecule has 0 saturated carbocycles. The van der Waals surface area contributed by atoms with E-state index in [-0.39, 0.29) is 24.7 Å². The molecule has 2 rings (SSSR count). The van der Waals surface area contributed by atoms with Gasteiger partial charge in [-0.05, 0) is 19.9 Å². The standard InChI is InChI=1S/C14H19N3O4S/c1-9-5-10(2)16-14(15-9)22-8-12(18)17-3-4-21-7-11(17)6-13(19)20/h5,11H,3-4,6-8H2,1-2H3,(H,19,20). The predicted molar refractivity (Wildman–Crippen MR) is 80.8 cm³/mol. The molecule has 8 heteroatoms. The van der Waals surface area contributed by atoms with Crippen molar-refractivity contribution in [2.24, 2.45) is 0 Å². The number of morpholine rings is 1. The van der Waals surface area contributed by atoms with Crippen molar-refractivity contribution < 1.29 is 19.4 Å². The van der Waals surface area contributed by atoms with E-state index >= 15 is 0 Å². The van der Waals surface area contributed by atoms with Gasteiger partial charge in [0.25, 0.3) is 0 Å². The normalized spacial score (nSPS) is 18.3. The van der Waals surface area contributed by atoms with Crippen LogP contribution in [0.2, 0.25) is 0 Å². The number of thioether (sulfide) groups is 1. The van der Waals surface area contributed by atoms with Crippen molar-refractivity contribution in [3.05, 3.63) is 17.5 Å². The Bertz CT molecular complexity index is 547. The zero-order valence-corrected chi connectivity index (χ0v) is 13.4. The molecule has 1 N–H and O–H groups in total. The lowest BCUT2D eigenvalue weighted by Crippen LogP contribution is -2.50. The monoisotopic (exact) mass is 325 g/mol. The number of nitrogens with zero attached hydrogens (tertiary/aromatic N) is 3. The number of carbonyl (C=O) groups is 2. The fraction of sp³-hybridized carbons (Fsp3) is 0.571. The van der Waals surface area contributed by atoms with Gasteiger partial charge in [-0.1, -0.05) is 11.8 Å². The van der Waals surface area contributed by atoms with E-state index < -0.39 is 12.0 Å². The van der Waals surface area contributed by atoms with Crippen LogP contribution in [0.3, 0.4) is 0 Å². The lowest BCUT2D eigenvalue weighted by Gasteiger charge is -2.34. The molecule has 0 radical (unpaired) electrons. The summed E-state index contributed by atoms with van der Waals surface area (Å²) in [6.07, 6.45) is -0.101. The molecule has 0 bridgehead atoms. The van der Waals surface area contributed by atoms with E-state index in [9.17, 15) is 9.59 Å². The first kappa shape index (κ1) is 16.7. The van der Waals surface area contributed by atoms with Gasteiger partial charge in [-0.25, -0.2) is 9.97 Å². The summed E-state index contributed by atoms with van der Waals surface area (Å²) in [6, 6.07) is 1.47. The highest BCUT2D eigenvalue weighted by Crippen LogP contribution is 2.17. The van der Waals surface area contributed by atoms with Gasteiger partial charge in [-0.2, -0.15) is 0 Å². The Labute approximate surface area is 133 Å². The fourth-order valence-corrected chi connectivity index (χ4v) is 3.16. The van der Waals surface area contributed by atoms with E-state index in [0.29, 0.717) is 18.3 Å². The summed E-state index contributed by atoms with van der Waals surface area (Å²) in [5.74, 6) is -0.847. The number of carbonyl (C=O) groups excluding carboxylic acids is 1. The van der Waals surface area contributed by atoms with Gasteiger partial charge in [-0.15, -0.1) is 0 Å². The lowest BCUT2D eigenvalue weighted by molar-refractivity contribution is -0.144. The average molecular weight is 325 g/mol. The molecule has 120 valence electrons. The van der Waals surface area contributed by atoms with Crippen LogP contribution in [-0.2, 0) is 14.3 Å². The summed E-state index contributed by atoms with van der Waals surface area (Å²) < 4.78 is 5.27. The van der Waals surface area contributed by atoms with Crippen molar-refractivity contribution in [1.29, 1.82) is 0 Å². The Kier molecular flexibility index (Phi) is 5.73. The highest BCUT2D eigenvalue weighted by molar-refractivity contribution is 7.99. The summed E-state index contributed by atoms with van der Waals surface area (Å²) in [5, 5.41) is 9.48. The second-order valence-corrected chi connectivity index (χ2v) is 6.08. The molecular weight excluding hydrogens is 306 g/mol. The summed E-state index contributed by atoms with van der Waals surface area (Å²) >= 11 is 1.27. The lowest BCUT2D eigenvalue weighted by atomic mass is 10.1. The van der Waals surface area contributed by atoms with Gasteiger partial charge in [0, 0.05) is 17.9 Å². The van der Waals surface area contributed by atoms with Gasteiger partial charge in [-0.3, -0.25) is 9.59 Å². The predicted octanol–water partition coefficient (Wildman–Crippen LogP) is 0.888. The third kappa shape index (κ3) is 4.67. The van der Waals surface area contributed by atoms with Crippen LogP contribution in [0.25, 0.3) is 0 Å². The third-order valence-electron chi connectivity index (χ3n) is 3.24. The van der Waals surface area contributed by atoms with E-state index in [1.54, 1.807) is 4.90 Å². The van der Waals surface area contributed by atoms with E-state index in [2.05, 4.69) is 9.97 Å². The molecule has 1 aliphatic heterocycles. The van der Waals surface area contributed by atoms with Gasteiger partial charge in [0.15, 0.2) is 5.16 Å². The summed E-state index contributed by atoms with van der Waals surface area (Å²) in [7, 11) is 0. The van der Waals surface area contributed by atoms with Crippen molar-refractivity contribution >= 4 is 23.6 Å². The van der Waals surface area contributed by atoms with Crippen molar-refractivity contribution in [2.45, 2.75) is 31.5 Å². The van der Waals surface area contributed by atoms with Gasteiger partial charge in [0.2, 0.25) is 5.91 Å². The number of ether oxygens (including phenoxy) is 1. The number of rotatable bonds is 5. The molecular formula is C14H19N3O4S. The molecule has 1 saturated heterocycles. The van der Waals surface area contributed by atoms with Crippen molar-refractivity contribution in [3.63, 3.8) is 0 Å². The molecule has 0 aromatic carbocycles. The van der Waals surface area contributed by atoms with Crippen LogP contribution >= 0.6 is 11.8 Å². The number of hydrogen-bond donors (Lipinski definition) is 1. The number of aromatic nitrogens is 2. The molecule has 1 aliphatic rings. The number of aryl methyl sites for hydroxylation is 2. The van der Waals surface area contributed by atoms with Crippen LogP contribution in [0.4, 0.5) is 0 Å². The largest absolute Gasteiger partial charge is 0.481 e. The van der Waals surface area contributed by atoms with Crippen LogP contribution in [0, 0.1) is 13.8 Å². The Morgan fingerprint density at radius 2 is 2.09 bits per heavy atom. The van der Waals surface area contributed by atoms with Crippen molar-refractivity contribution in [1.82, 2.24) is 14.9 Å². The average Bonchev–Trinajstić information content (AvgIpc) is 2.44. The van der Waals surface area contributed by atoms with Gasteiger partial charge in [0.05, 0.1) is 31.4 Å². The van der Waals surface area contributed by atoms with Crippen LogP contribution < -0.4 is 0 Å². The molecule has 2 heterocycles. The molecule has 1 atom stereocenters. The number of amides is 1. The maximum absolute atomic E-state index is 12.3. The maximum Gasteiger partial charge on any atom is 0.305 e. The van der Waals surface area contributed by atoms with Gasteiger partial charge < -0.3 is 14.7 Å². The van der Waals surface area contributed by atoms with E-state index in [4.69, 9.17) is 9.84 Å². The minimum absolute atomic E-state index is 0.101. The number of hydrogen-bond acceptors (Lipinski definition) is 6. The molecule has 0 aliphatic carbocycles. The molecule has 1 amide bonds. The Morgan fingerprint density at radius 3 is 2.73 bits per heavy atom. The first-order valence-electron chi connectivity index (χ1n) is 7.00. The zero-order chi connectivity index (χ0) is 16.1. The smallest absolute Gasteiger partial charge is 0.305 e. The molecule has 1 unspecified atom stereocenters. The highest BCUT2D eigenvalue weighted by Gasteiger charge is 2.29. The molecule has 22 heavy (non-hydrogen) atoms. The van der Waals surface area contributed by atoms with Crippen LogP contribution in [0.5, 0.6) is 0 Å². The Balaban J connectivity index is 1.96. The van der Waals surface area contributed by atoms with Crippen LogP contribution in [0.15, 0.2) is 11.2 Å². The fourth-order valence-electron chi connectivity index (χ4n) is 2.32. The molecule has 7 nitrogen and oxygen atoms in total. The Morgan fingerprint density at radius 1 is 1.41 bits per heavy atom. The number of aliphatic carboxylic acids is 1. The second-order valence-electron chi connectivity index (χ2n) is 5.14. The van der Waals surface area contributed by atoms with Crippen molar-refractivity contribution in [3.8, 4) is 0 Å². The van der Waals surface area contributed by atoms with Gasteiger partial charge >= 0.3 is 5.97 Å². The first-order chi connectivity index (χ1) is 10.5. The Hall–Kier alpha value is -1.67. The minimum Gasteiger partial charge on any atom is -0.481 e. The first-order valence-corrected chi connectivity index (χ1v) is 7.98. The molecule has 0 spiro atoms. The van der Waals surface area contributed by atoms with E-state index in [1.807, 2.05) is 19.9 Å². The van der Waals surface area contributed by atoms with Crippen molar-refractivity contribution in [2.75, 3.05) is 25.5 Å². The maximum atomic E-state index is 12.3. The van der Waals surface area contributed by atoms with E-state index in [1.165, 1.54) is 11.8 Å². The molecule has 1 aromatic rings. The second kappa shape index (κ2) is 7.55. The minimum atomic E-state index is -0.932. The summed E-state index contributed by atoms with van der Waals surface area (Å²) in [6.45, 7) is 4.89. The van der Waals surface area contributed by atoms with Crippen LogP contribution in [-0.4, -0.2) is 63.4 Å². The third-order valence-corrected chi connectivity index (χ3v) is 4.08. The van der Waals surface area contributed by atoms with E-state index in [0.717, 1.165) is 11.4 Å². The molecule has 1 aromatic heterocycles. The van der Waals surface area contributed by atoms with Crippen LogP contribution in [0.1, 0.15) is 17.8 Å².